The Balaban J connectivity index is 2.22. The molecule has 2 rings (SSSR count). The molecule has 1 N–H and O–H groups in total. The van der Waals surface area contributed by atoms with Crippen molar-refractivity contribution < 1.29 is 4.79 Å². The lowest BCUT2D eigenvalue weighted by atomic mass is 10.3. The van der Waals surface area contributed by atoms with Crippen LogP contribution in [0.2, 0.25) is 0 Å². The molecule has 2 aromatic heterocycles. The summed E-state index contributed by atoms with van der Waals surface area (Å²) in [6.07, 6.45) is 3.16. The van der Waals surface area contributed by atoms with Crippen molar-refractivity contribution in [2.75, 3.05) is 5.32 Å². The predicted octanol–water partition coefficient (Wildman–Crippen LogP) is 3.56. The number of halogens is 2. The largest absolute Gasteiger partial charge is 0.319 e. The Labute approximate surface area is 121 Å². The van der Waals surface area contributed by atoms with Gasteiger partial charge >= 0.3 is 0 Å². The molecule has 2 heterocycles. The summed E-state index contributed by atoms with van der Waals surface area (Å²) in [6.45, 7) is 1.91. The van der Waals surface area contributed by atoms with E-state index >= 15 is 0 Å². The van der Waals surface area contributed by atoms with Crippen molar-refractivity contribution >= 4 is 43.5 Å². The maximum absolute atomic E-state index is 12.0. The molecule has 0 aliphatic carbocycles. The fourth-order valence-corrected chi connectivity index (χ4v) is 2.02. The highest BCUT2D eigenvalue weighted by Crippen LogP contribution is 2.19. The van der Waals surface area contributed by atoms with Crippen molar-refractivity contribution in [1.29, 1.82) is 0 Å². The highest BCUT2D eigenvalue weighted by molar-refractivity contribution is 9.10. The SMILES string of the molecule is Cc1cc(NC(=O)c2ncccc2Br)cnc1Br. The average Bonchev–Trinajstić information content (AvgIpc) is 2.34. The topological polar surface area (TPSA) is 54.9 Å². The predicted molar refractivity (Wildman–Crippen MR) is 76.6 cm³/mol. The number of carbonyl (C=O) groups is 1. The molecule has 0 radical (unpaired) electrons. The zero-order valence-electron chi connectivity index (χ0n) is 9.45. The Morgan fingerprint density at radius 2 is 2.11 bits per heavy atom. The normalized spacial score (nSPS) is 10.2. The number of nitrogens with one attached hydrogen (secondary N) is 1. The molecule has 6 heteroatoms. The molecule has 2 aromatic rings. The number of aromatic nitrogens is 2. The minimum absolute atomic E-state index is 0.272. The molecule has 1 amide bonds. The molecule has 0 bridgehead atoms. The van der Waals surface area contributed by atoms with E-state index < -0.39 is 0 Å². The maximum atomic E-state index is 12.0. The van der Waals surface area contributed by atoms with Gasteiger partial charge < -0.3 is 5.32 Å². The lowest BCUT2D eigenvalue weighted by Gasteiger charge is -2.06. The number of nitrogens with zero attached hydrogens (tertiary/aromatic N) is 2. The second-order valence-corrected chi connectivity index (χ2v) is 5.23. The highest BCUT2D eigenvalue weighted by atomic mass is 79.9. The van der Waals surface area contributed by atoms with Gasteiger partial charge in [-0.2, -0.15) is 0 Å². The Morgan fingerprint density at radius 3 is 2.78 bits per heavy atom. The van der Waals surface area contributed by atoms with Crippen LogP contribution in [-0.4, -0.2) is 15.9 Å². The van der Waals surface area contributed by atoms with E-state index in [4.69, 9.17) is 0 Å². The Hall–Kier alpha value is -1.27. The summed E-state index contributed by atoms with van der Waals surface area (Å²) in [5.74, 6) is -0.272. The van der Waals surface area contributed by atoms with Crippen LogP contribution in [0.25, 0.3) is 0 Å². The smallest absolute Gasteiger partial charge is 0.275 e. The number of pyridine rings is 2. The van der Waals surface area contributed by atoms with Gasteiger partial charge in [-0.3, -0.25) is 4.79 Å². The number of carbonyl (C=O) groups excluding carboxylic acids is 1. The first-order valence-electron chi connectivity index (χ1n) is 5.12. The fraction of sp³-hybridized carbons (Fsp3) is 0.0833. The highest BCUT2D eigenvalue weighted by Gasteiger charge is 2.11. The van der Waals surface area contributed by atoms with Crippen LogP contribution in [0.5, 0.6) is 0 Å². The van der Waals surface area contributed by atoms with Crippen molar-refractivity contribution in [3.63, 3.8) is 0 Å². The van der Waals surface area contributed by atoms with E-state index in [0.29, 0.717) is 15.9 Å². The quantitative estimate of drug-likeness (QED) is 0.822. The zero-order chi connectivity index (χ0) is 13.1. The molecular weight excluding hydrogens is 362 g/mol. The van der Waals surface area contributed by atoms with Crippen LogP contribution in [0.15, 0.2) is 39.7 Å². The summed E-state index contributed by atoms with van der Waals surface area (Å²) in [5.41, 5.74) is 1.93. The Bertz CT molecular complexity index is 602. The first-order valence-corrected chi connectivity index (χ1v) is 6.70. The van der Waals surface area contributed by atoms with Crippen LogP contribution in [0, 0.1) is 6.92 Å². The van der Waals surface area contributed by atoms with E-state index in [1.807, 2.05) is 13.0 Å². The number of rotatable bonds is 2. The molecule has 0 fully saturated rings. The third-order valence-corrected chi connectivity index (χ3v) is 3.72. The van der Waals surface area contributed by atoms with E-state index in [0.717, 1.165) is 10.2 Å². The molecule has 4 nitrogen and oxygen atoms in total. The molecule has 0 aliphatic rings. The van der Waals surface area contributed by atoms with Gasteiger partial charge in [-0.05, 0) is 62.5 Å². The van der Waals surface area contributed by atoms with Gasteiger partial charge in [0.05, 0.1) is 11.9 Å². The molecule has 0 spiro atoms. The summed E-state index contributed by atoms with van der Waals surface area (Å²) < 4.78 is 1.42. The van der Waals surface area contributed by atoms with Gasteiger partial charge in [0.2, 0.25) is 0 Å². The van der Waals surface area contributed by atoms with Gasteiger partial charge in [-0.15, -0.1) is 0 Å². The zero-order valence-corrected chi connectivity index (χ0v) is 12.6. The molecule has 0 aliphatic heterocycles. The summed E-state index contributed by atoms with van der Waals surface area (Å²) >= 11 is 6.60. The monoisotopic (exact) mass is 369 g/mol. The molecule has 0 saturated heterocycles. The van der Waals surface area contributed by atoms with Crippen molar-refractivity contribution in [3.05, 3.63) is 50.9 Å². The molecule has 0 unspecified atom stereocenters. The summed E-state index contributed by atoms with van der Waals surface area (Å²) in [4.78, 5) is 20.1. The third-order valence-electron chi connectivity index (χ3n) is 2.25. The number of hydrogen-bond donors (Lipinski definition) is 1. The van der Waals surface area contributed by atoms with Crippen LogP contribution in [0.4, 0.5) is 5.69 Å². The summed E-state index contributed by atoms with van der Waals surface area (Å²) in [7, 11) is 0. The van der Waals surface area contributed by atoms with E-state index in [9.17, 15) is 4.79 Å². The first-order chi connectivity index (χ1) is 8.58. The van der Waals surface area contributed by atoms with Crippen molar-refractivity contribution in [2.24, 2.45) is 0 Å². The Morgan fingerprint density at radius 1 is 1.33 bits per heavy atom. The summed E-state index contributed by atoms with van der Waals surface area (Å²) in [5, 5.41) is 2.75. The maximum Gasteiger partial charge on any atom is 0.275 e. The van der Waals surface area contributed by atoms with Gasteiger partial charge in [-0.25, -0.2) is 9.97 Å². The molecular formula is C12H9Br2N3O. The lowest BCUT2D eigenvalue weighted by molar-refractivity contribution is 0.102. The van der Waals surface area contributed by atoms with Crippen LogP contribution < -0.4 is 5.32 Å². The standard InChI is InChI=1S/C12H9Br2N3O/c1-7-5-8(6-16-11(7)14)17-12(18)10-9(13)3-2-4-15-10/h2-6H,1H3,(H,17,18). The number of anilines is 1. The first kappa shape index (κ1) is 13.2. The van der Waals surface area contributed by atoms with Gasteiger partial charge in [0.15, 0.2) is 0 Å². The molecule has 92 valence electrons. The molecule has 0 atom stereocenters. The Kier molecular flexibility index (Phi) is 4.08. The molecule has 0 saturated carbocycles. The third kappa shape index (κ3) is 2.94. The fourth-order valence-electron chi connectivity index (χ4n) is 1.37. The van der Waals surface area contributed by atoms with Crippen LogP contribution >= 0.6 is 31.9 Å². The van der Waals surface area contributed by atoms with Crippen molar-refractivity contribution in [3.8, 4) is 0 Å². The van der Waals surface area contributed by atoms with Crippen LogP contribution in [0.1, 0.15) is 16.1 Å². The molecule has 18 heavy (non-hydrogen) atoms. The van der Waals surface area contributed by atoms with Crippen LogP contribution in [-0.2, 0) is 0 Å². The van der Waals surface area contributed by atoms with E-state index in [1.54, 1.807) is 24.5 Å². The average molecular weight is 371 g/mol. The second kappa shape index (κ2) is 5.58. The van der Waals surface area contributed by atoms with E-state index in [1.165, 1.54) is 0 Å². The number of hydrogen-bond acceptors (Lipinski definition) is 3. The minimum Gasteiger partial charge on any atom is -0.319 e. The number of amides is 1. The lowest BCUT2D eigenvalue weighted by Crippen LogP contribution is -2.14. The van der Waals surface area contributed by atoms with Gasteiger partial charge in [0.25, 0.3) is 5.91 Å². The van der Waals surface area contributed by atoms with Crippen LogP contribution in [0.3, 0.4) is 0 Å². The van der Waals surface area contributed by atoms with Crippen molar-refractivity contribution in [2.45, 2.75) is 6.92 Å². The second-order valence-electron chi connectivity index (χ2n) is 3.62. The van der Waals surface area contributed by atoms with E-state index in [-0.39, 0.29) is 5.91 Å². The summed E-state index contributed by atoms with van der Waals surface area (Å²) in [6, 6.07) is 5.37. The van der Waals surface area contributed by atoms with Gasteiger partial charge in [0, 0.05) is 10.7 Å². The molecule has 0 aromatic carbocycles. The van der Waals surface area contributed by atoms with Gasteiger partial charge in [0.1, 0.15) is 10.3 Å². The van der Waals surface area contributed by atoms with E-state index in [2.05, 4.69) is 47.1 Å². The number of aryl methyl sites for hydroxylation is 1. The van der Waals surface area contributed by atoms with Gasteiger partial charge in [-0.1, -0.05) is 0 Å². The minimum atomic E-state index is -0.272. The van der Waals surface area contributed by atoms with Crippen molar-refractivity contribution in [1.82, 2.24) is 9.97 Å².